The molecule has 1 aliphatic rings. The summed E-state index contributed by atoms with van der Waals surface area (Å²) in [4.78, 5) is -0.00198. The molecule has 0 unspecified atom stereocenters. The molecule has 8 heteroatoms. The quantitative estimate of drug-likeness (QED) is 0.454. The van der Waals surface area contributed by atoms with Crippen molar-refractivity contribution in [1.82, 2.24) is 0 Å². The van der Waals surface area contributed by atoms with Gasteiger partial charge < -0.3 is 18.9 Å². The van der Waals surface area contributed by atoms with Crippen LogP contribution < -0.4 is 0 Å². The van der Waals surface area contributed by atoms with E-state index in [-0.39, 0.29) is 31.3 Å². The fourth-order valence-electron chi connectivity index (χ4n) is 4.94. The van der Waals surface area contributed by atoms with E-state index in [1.165, 1.54) is 12.1 Å². The number of hydrogen-bond donors (Lipinski definition) is 0. The van der Waals surface area contributed by atoms with Gasteiger partial charge in [-0.25, -0.2) is 8.42 Å². The Bertz CT molecular complexity index is 1060. The largest absolute Gasteiger partial charge is 0.345 e. The molecule has 0 spiro atoms. The van der Waals surface area contributed by atoms with Gasteiger partial charge in [0.25, 0.3) is 5.79 Å². The molecule has 178 valence electrons. The summed E-state index contributed by atoms with van der Waals surface area (Å²) < 4.78 is 51.1. The Kier molecular flexibility index (Phi) is 7.62. The van der Waals surface area contributed by atoms with E-state index in [0.717, 1.165) is 0 Å². The van der Waals surface area contributed by atoms with Crippen LogP contribution in [0, 0.1) is 11.3 Å². The monoisotopic (exact) mass is 473 g/mol. The maximum absolute atomic E-state index is 14.3. The number of sulfone groups is 1. The van der Waals surface area contributed by atoms with Gasteiger partial charge in [-0.05, 0) is 45.4 Å². The molecule has 2 aromatic rings. The normalized spacial score (nSPS) is 23.4. The van der Waals surface area contributed by atoms with Crippen LogP contribution in [-0.4, -0.2) is 51.2 Å². The van der Waals surface area contributed by atoms with Gasteiger partial charge in [0.15, 0.2) is 0 Å². The molecule has 0 heterocycles. The van der Waals surface area contributed by atoms with E-state index in [0.29, 0.717) is 5.56 Å². The predicted molar refractivity (Wildman–Crippen MR) is 123 cm³/mol. The molecule has 1 aliphatic carbocycles. The molecule has 33 heavy (non-hydrogen) atoms. The zero-order chi connectivity index (χ0) is 24.2. The summed E-state index contributed by atoms with van der Waals surface area (Å²) in [5.41, 5.74) is 0.579. The Morgan fingerprint density at radius 2 is 1.24 bits per heavy atom. The zero-order valence-electron chi connectivity index (χ0n) is 19.5. The molecule has 0 radical (unpaired) electrons. The molecular weight excluding hydrogens is 442 g/mol. The minimum atomic E-state index is -4.34. The first-order valence-corrected chi connectivity index (χ1v) is 12.7. The summed E-state index contributed by atoms with van der Waals surface area (Å²) >= 11 is 0. The van der Waals surface area contributed by atoms with E-state index in [9.17, 15) is 13.7 Å². The molecule has 1 fully saturated rings. The highest BCUT2D eigenvalue weighted by Gasteiger charge is 2.91. The summed E-state index contributed by atoms with van der Waals surface area (Å²) in [5, 5.41) is 10.7. The lowest BCUT2D eigenvalue weighted by Gasteiger charge is -2.67. The Balaban J connectivity index is 2.46. The van der Waals surface area contributed by atoms with Gasteiger partial charge in [0.05, 0.1) is 16.9 Å². The lowest BCUT2D eigenvalue weighted by molar-refractivity contribution is -0.472. The lowest BCUT2D eigenvalue weighted by Crippen LogP contribution is -2.89. The Morgan fingerprint density at radius 3 is 1.67 bits per heavy atom. The first-order valence-electron chi connectivity index (χ1n) is 11.2. The standard InChI is InChI=1S/C25H31NO6S/c1-5-29-24(30-6-2)22(20-15-11-9-12-16-20)23(19-26,25(24,31-7-3)32-8-4)33(27,28)21-17-13-10-14-18-21/h9-18,22H,5-8H2,1-4H3/t22-,23+/m0/s1. The predicted octanol–water partition coefficient (Wildman–Crippen LogP) is 4.06. The van der Waals surface area contributed by atoms with Gasteiger partial charge in [-0.15, -0.1) is 0 Å². The summed E-state index contributed by atoms with van der Waals surface area (Å²) in [6.07, 6.45) is 0. The van der Waals surface area contributed by atoms with Crippen LogP contribution in [0.1, 0.15) is 39.2 Å². The van der Waals surface area contributed by atoms with Crippen LogP contribution in [0.4, 0.5) is 0 Å². The fraction of sp³-hybridized carbons (Fsp3) is 0.480. The molecule has 7 nitrogen and oxygen atoms in total. The topological polar surface area (TPSA) is 94.9 Å². The van der Waals surface area contributed by atoms with E-state index < -0.39 is 32.1 Å². The number of nitriles is 1. The molecule has 0 amide bonds. The summed E-state index contributed by atoms with van der Waals surface area (Å²) in [6.45, 7) is 7.55. The zero-order valence-corrected chi connectivity index (χ0v) is 20.3. The third-order valence-corrected chi connectivity index (χ3v) is 8.26. The minimum absolute atomic E-state index is 0.00198. The number of ether oxygens (including phenoxy) is 4. The van der Waals surface area contributed by atoms with Gasteiger partial charge in [0.2, 0.25) is 20.4 Å². The minimum Gasteiger partial charge on any atom is -0.345 e. The van der Waals surface area contributed by atoms with Crippen molar-refractivity contribution < 1.29 is 27.4 Å². The smallest absolute Gasteiger partial charge is 0.259 e. The number of benzene rings is 2. The SMILES string of the molecule is CCOC1(OCC)[C@@H](c2ccccc2)[C@@](C#N)(S(=O)(=O)c2ccccc2)C1(OCC)OCC. The average Bonchev–Trinajstić information content (AvgIpc) is 2.83. The van der Waals surface area contributed by atoms with E-state index in [4.69, 9.17) is 18.9 Å². The van der Waals surface area contributed by atoms with Crippen LogP contribution in [-0.2, 0) is 28.8 Å². The lowest BCUT2D eigenvalue weighted by atomic mass is 9.58. The van der Waals surface area contributed by atoms with Gasteiger partial charge >= 0.3 is 0 Å². The Morgan fingerprint density at radius 1 is 0.788 bits per heavy atom. The fourth-order valence-corrected chi connectivity index (χ4v) is 7.16. The van der Waals surface area contributed by atoms with Crippen LogP contribution in [0.5, 0.6) is 0 Å². The summed E-state index contributed by atoms with van der Waals surface area (Å²) in [5.74, 6) is -4.74. The summed E-state index contributed by atoms with van der Waals surface area (Å²) in [7, 11) is -4.34. The van der Waals surface area contributed by atoms with Gasteiger partial charge in [-0.1, -0.05) is 48.5 Å². The molecule has 0 saturated heterocycles. The number of nitrogens with zero attached hydrogens (tertiary/aromatic N) is 1. The van der Waals surface area contributed by atoms with Gasteiger partial charge in [0, 0.05) is 26.4 Å². The molecule has 1 saturated carbocycles. The van der Waals surface area contributed by atoms with Crippen LogP contribution in [0.25, 0.3) is 0 Å². The van der Waals surface area contributed by atoms with Crippen LogP contribution >= 0.6 is 0 Å². The maximum Gasteiger partial charge on any atom is 0.259 e. The van der Waals surface area contributed by atoms with Crippen LogP contribution in [0.2, 0.25) is 0 Å². The molecular formula is C25H31NO6S. The second-order valence-corrected chi connectivity index (χ2v) is 9.65. The van der Waals surface area contributed by atoms with Crippen molar-refractivity contribution in [3.8, 4) is 6.07 Å². The van der Waals surface area contributed by atoms with Crippen LogP contribution in [0.15, 0.2) is 65.6 Å². The third-order valence-electron chi connectivity index (χ3n) is 5.92. The van der Waals surface area contributed by atoms with Crippen molar-refractivity contribution in [2.24, 2.45) is 0 Å². The highest BCUT2D eigenvalue weighted by atomic mass is 32.2. The average molecular weight is 474 g/mol. The van der Waals surface area contributed by atoms with Crippen molar-refractivity contribution in [3.63, 3.8) is 0 Å². The van der Waals surface area contributed by atoms with Crippen molar-refractivity contribution in [2.75, 3.05) is 26.4 Å². The van der Waals surface area contributed by atoms with E-state index in [1.54, 1.807) is 70.2 Å². The third kappa shape index (κ3) is 3.42. The highest BCUT2D eigenvalue weighted by Crippen LogP contribution is 2.68. The first-order chi connectivity index (χ1) is 15.9. The Labute approximate surface area is 196 Å². The van der Waals surface area contributed by atoms with Crippen molar-refractivity contribution in [1.29, 1.82) is 5.26 Å². The molecule has 2 atom stereocenters. The molecule has 3 rings (SSSR count). The number of rotatable bonds is 11. The molecule has 0 aliphatic heterocycles. The van der Waals surface area contributed by atoms with Crippen molar-refractivity contribution >= 4 is 9.84 Å². The summed E-state index contributed by atoms with van der Waals surface area (Å²) in [6, 6.07) is 19.0. The number of hydrogen-bond acceptors (Lipinski definition) is 7. The van der Waals surface area contributed by atoms with Crippen molar-refractivity contribution in [2.45, 2.75) is 54.8 Å². The second-order valence-electron chi connectivity index (χ2n) is 7.52. The first kappa shape index (κ1) is 25.3. The van der Waals surface area contributed by atoms with Gasteiger partial charge in [0.1, 0.15) is 0 Å². The maximum atomic E-state index is 14.3. The van der Waals surface area contributed by atoms with E-state index >= 15 is 0 Å². The molecule has 0 N–H and O–H groups in total. The highest BCUT2D eigenvalue weighted by molar-refractivity contribution is 7.93. The Hall–Kier alpha value is -2.28. The molecule has 0 bridgehead atoms. The van der Waals surface area contributed by atoms with Gasteiger partial charge in [-0.2, -0.15) is 5.26 Å². The van der Waals surface area contributed by atoms with E-state index in [2.05, 4.69) is 6.07 Å². The molecule has 2 aromatic carbocycles. The second kappa shape index (κ2) is 9.92. The van der Waals surface area contributed by atoms with Crippen molar-refractivity contribution in [3.05, 3.63) is 66.2 Å². The van der Waals surface area contributed by atoms with Gasteiger partial charge in [-0.3, -0.25) is 0 Å². The molecule has 0 aromatic heterocycles. The van der Waals surface area contributed by atoms with E-state index in [1.807, 2.05) is 6.07 Å². The van der Waals surface area contributed by atoms with Crippen LogP contribution in [0.3, 0.4) is 0 Å².